The summed E-state index contributed by atoms with van der Waals surface area (Å²) in [5.41, 5.74) is 6.71. The highest BCUT2D eigenvalue weighted by molar-refractivity contribution is 9.10. The van der Waals surface area contributed by atoms with E-state index in [4.69, 9.17) is 20.5 Å². The van der Waals surface area contributed by atoms with Crippen molar-refractivity contribution in [1.82, 2.24) is 0 Å². The minimum Gasteiger partial charge on any atom is -0.490 e. The Morgan fingerprint density at radius 1 is 1.30 bits per heavy atom. The second-order valence-corrected chi connectivity index (χ2v) is 5.19. The minimum absolute atomic E-state index is 0.568. The highest BCUT2D eigenvalue weighted by atomic mass is 79.9. The van der Waals surface area contributed by atoms with Crippen LogP contribution in [0.4, 0.5) is 0 Å². The zero-order valence-electron chi connectivity index (χ0n) is 11.8. The molecular formula is C15H21BrN2O2. The molecule has 0 saturated heterocycles. The predicted octanol–water partition coefficient (Wildman–Crippen LogP) is 3.42. The first-order valence-corrected chi connectivity index (χ1v) is 7.67. The molecule has 1 aromatic carbocycles. The Hall–Kier alpha value is -1.25. The Morgan fingerprint density at radius 3 is 2.75 bits per heavy atom. The third-order valence-electron chi connectivity index (χ3n) is 2.73. The number of benzene rings is 1. The third kappa shape index (κ3) is 5.40. The van der Waals surface area contributed by atoms with E-state index in [0.29, 0.717) is 26.2 Å². The van der Waals surface area contributed by atoms with Crippen molar-refractivity contribution in [2.24, 2.45) is 5.73 Å². The lowest BCUT2D eigenvalue weighted by Crippen LogP contribution is -2.05. The maximum atomic E-state index is 8.49. The molecule has 0 spiro atoms. The number of rotatable bonds is 9. The monoisotopic (exact) mass is 340 g/mol. The van der Waals surface area contributed by atoms with Crippen molar-refractivity contribution in [3.8, 4) is 17.6 Å². The van der Waals surface area contributed by atoms with E-state index in [-0.39, 0.29) is 0 Å². The molecule has 0 aliphatic carbocycles. The van der Waals surface area contributed by atoms with Crippen LogP contribution in [-0.2, 0) is 6.42 Å². The number of unbranched alkanes of at least 4 members (excludes halogenated alkanes) is 2. The van der Waals surface area contributed by atoms with Crippen LogP contribution >= 0.6 is 15.9 Å². The average molecular weight is 341 g/mol. The maximum Gasteiger partial charge on any atom is 0.175 e. The molecular weight excluding hydrogens is 320 g/mol. The van der Waals surface area contributed by atoms with Gasteiger partial charge in [0.2, 0.25) is 0 Å². The van der Waals surface area contributed by atoms with Gasteiger partial charge < -0.3 is 15.2 Å². The van der Waals surface area contributed by atoms with Crippen LogP contribution in [0.2, 0.25) is 0 Å². The third-order valence-corrected chi connectivity index (χ3v) is 3.32. The van der Waals surface area contributed by atoms with Crippen molar-refractivity contribution in [3.63, 3.8) is 0 Å². The van der Waals surface area contributed by atoms with Crippen LogP contribution in [-0.4, -0.2) is 19.8 Å². The second kappa shape index (κ2) is 9.62. The Balaban J connectivity index is 2.74. The summed E-state index contributed by atoms with van der Waals surface area (Å²) < 4.78 is 12.3. The van der Waals surface area contributed by atoms with E-state index in [1.807, 2.05) is 19.1 Å². The van der Waals surface area contributed by atoms with Crippen molar-refractivity contribution >= 4 is 15.9 Å². The first-order chi connectivity index (χ1) is 9.72. The van der Waals surface area contributed by atoms with E-state index < -0.39 is 0 Å². The quantitative estimate of drug-likeness (QED) is 0.699. The van der Waals surface area contributed by atoms with Crippen molar-refractivity contribution < 1.29 is 9.47 Å². The molecule has 0 atom stereocenters. The van der Waals surface area contributed by atoms with Crippen LogP contribution in [0.1, 0.15) is 31.7 Å². The van der Waals surface area contributed by atoms with Crippen molar-refractivity contribution in [3.05, 3.63) is 22.2 Å². The summed E-state index contributed by atoms with van der Waals surface area (Å²) in [5, 5.41) is 8.49. The maximum absolute atomic E-state index is 8.49. The van der Waals surface area contributed by atoms with E-state index in [9.17, 15) is 0 Å². The lowest BCUT2D eigenvalue weighted by atomic mass is 10.1. The summed E-state index contributed by atoms with van der Waals surface area (Å²) in [6, 6.07) is 6.12. The van der Waals surface area contributed by atoms with Crippen LogP contribution in [0.25, 0.3) is 0 Å². The molecule has 1 aromatic rings. The fraction of sp³-hybridized carbons (Fsp3) is 0.533. The van der Waals surface area contributed by atoms with Gasteiger partial charge in [-0.25, -0.2) is 0 Å². The van der Waals surface area contributed by atoms with E-state index in [1.54, 1.807) is 0 Å². The van der Waals surface area contributed by atoms with Crippen LogP contribution in [0.5, 0.6) is 11.5 Å². The normalized spacial score (nSPS) is 10.1. The summed E-state index contributed by atoms with van der Waals surface area (Å²) in [7, 11) is 0. The molecule has 1 rings (SSSR count). The van der Waals surface area contributed by atoms with Gasteiger partial charge >= 0.3 is 0 Å². The van der Waals surface area contributed by atoms with Crippen LogP contribution in [0.3, 0.4) is 0 Å². The summed E-state index contributed by atoms with van der Waals surface area (Å²) in [6.07, 6.45) is 3.08. The Labute approximate surface area is 129 Å². The fourth-order valence-corrected chi connectivity index (χ4v) is 2.42. The summed E-state index contributed by atoms with van der Waals surface area (Å²) in [4.78, 5) is 0. The predicted molar refractivity (Wildman–Crippen MR) is 83.0 cm³/mol. The summed E-state index contributed by atoms with van der Waals surface area (Å²) in [6.45, 7) is 3.71. The molecule has 0 heterocycles. The number of nitrogens with two attached hydrogens (primary N) is 1. The number of ether oxygens (including phenoxy) is 2. The van der Waals surface area contributed by atoms with Gasteiger partial charge in [-0.05, 0) is 66.4 Å². The SMILES string of the molecule is CCOc1cc(CCN)cc(Br)c1OCCCCC#N. The largest absolute Gasteiger partial charge is 0.490 e. The van der Waals surface area contributed by atoms with Crippen LogP contribution in [0.15, 0.2) is 16.6 Å². The topological polar surface area (TPSA) is 68.3 Å². The molecule has 0 aliphatic rings. The molecule has 0 fully saturated rings. The minimum atomic E-state index is 0.568. The Morgan fingerprint density at radius 2 is 2.10 bits per heavy atom. The van der Waals surface area contributed by atoms with Gasteiger partial charge in [-0.1, -0.05) is 0 Å². The summed E-state index contributed by atoms with van der Waals surface area (Å²) >= 11 is 3.52. The number of hydrogen-bond acceptors (Lipinski definition) is 4. The van der Waals surface area contributed by atoms with Gasteiger partial charge in [-0.15, -0.1) is 0 Å². The van der Waals surface area contributed by atoms with E-state index in [2.05, 4.69) is 22.0 Å². The summed E-state index contributed by atoms with van der Waals surface area (Å²) in [5.74, 6) is 1.47. The first-order valence-electron chi connectivity index (χ1n) is 6.88. The molecule has 0 bridgehead atoms. The number of nitrogens with zero attached hydrogens (tertiary/aromatic N) is 1. The van der Waals surface area contributed by atoms with Crippen LogP contribution in [0, 0.1) is 11.3 Å². The van der Waals surface area contributed by atoms with Crippen LogP contribution < -0.4 is 15.2 Å². The molecule has 0 radical (unpaired) electrons. The highest BCUT2D eigenvalue weighted by Gasteiger charge is 2.12. The fourth-order valence-electron chi connectivity index (χ4n) is 1.82. The number of hydrogen-bond donors (Lipinski definition) is 1. The lowest BCUT2D eigenvalue weighted by Gasteiger charge is -2.15. The molecule has 5 heteroatoms. The average Bonchev–Trinajstić information content (AvgIpc) is 2.42. The van der Waals surface area contributed by atoms with Gasteiger partial charge in [-0.3, -0.25) is 0 Å². The molecule has 0 unspecified atom stereocenters. The molecule has 4 nitrogen and oxygen atoms in total. The van der Waals surface area contributed by atoms with Gasteiger partial charge in [0, 0.05) is 6.42 Å². The molecule has 0 saturated carbocycles. The van der Waals surface area contributed by atoms with Crippen molar-refractivity contribution in [2.45, 2.75) is 32.6 Å². The van der Waals surface area contributed by atoms with Gasteiger partial charge in [0.1, 0.15) is 0 Å². The molecule has 110 valence electrons. The smallest absolute Gasteiger partial charge is 0.175 e. The van der Waals surface area contributed by atoms with Gasteiger partial charge in [0.15, 0.2) is 11.5 Å². The molecule has 0 amide bonds. The molecule has 0 aromatic heterocycles. The Bertz CT molecular complexity index is 458. The zero-order valence-corrected chi connectivity index (χ0v) is 13.4. The first kappa shape index (κ1) is 16.8. The highest BCUT2D eigenvalue weighted by Crippen LogP contribution is 2.37. The molecule has 20 heavy (non-hydrogen) atoms. The number of nitriles is 1. The molecule has 0 aliphatic heterocycles. The number of halogens is 1. The van der Waals surface area contributed by atoms with Crippen molar-refractivity contribution in [1.29, 1.82) is 5.26 Å². The van der Waals surface area contributed by atoms with Gasteiger partial charge in [0.25, 0.3) is 0 Å². The van der Waals surface area contributed by atoms with E-state index in [1.165, 1.54) is 0 Å². The second-order valence-electron chi connectivity index (χ2n) is 4.34. The van der Waals surface area contributed by atoms with E-state index >= 15 is 0 Å². The Kier molecular flexibility index (Phi) is 8.08. The van der Waals surface area contributed by atoms with E-state index in [0.717, 1.165) is 40.8 Å². The standard InChI is InChI=1S/C15H21BrN2O2/c1-2-19-14-11-12(6-8-18)10-13(16)15(14)20-9-5-3-4-7-17/h10-11H,2-6,8-9,18H2,1H3. The van der Waals surface area contributed by atoms with Gasteiger partial charge in [-0.2, -0.15) is 5.26 Å². The zero-order chi connectivity index (χ0) is 14.8. The van der Waals surface area contributed by atoms with Crippen molar-refractivity contribution in [2.75, 3.05) is 19.8 Å². The van der Waals surface area contributed by atoms with Gasteiger partial charge in [0.05, 0.1) is 23.8 Å². The lowest BCUT2D eigenvalue weighted by molar-refractivity contribution is 0.270. The molecule has 2 N–H and O–H groups in total.